The third-order valence-corrected chi connectivity index (χ3v) is 3.49. The minimum absolute atomic E-state index is 0.105. The van der Waals surface area contributed by atoms with E-state index in [2.05, 4.69) is 0 Å². The molecule has 0 N–H and O–H groups in total. The lowest BCUT2D eigenvalue weighted by atomic mass is 10.1. The Hall–Kier alpha value is -2.95. The summed E-state index contributed by atoms with van der Waals surface area (Å²) in [5.41, 5.74) is 1.26. The molecule has 0 aromatic heterocycles. The van der Waals surface area contributed by atoms with E-state index in [-0.39, 0.29) is 5.78 Å². The van der Waals surface area contributed by atoms with Crippen molar-refractivity contribution >= 4 is 11.9 Å². The fourth-order valence-corrected chi connectivity index (χ4v) is 2.35. The molecule has 0 atom stereocenters. The summed E-state index contributed by atoms with van der Waals surface area (Å²) in [6.07, 6.45) is 3.15. The molecule has 0 saturated heterocycles. The van der Waals surface area contributed by atoms with Crippen molar-refractivity contribution in [1.29, 1.82) is 0 Å². The fraction of sp³-hybridized carbons (Fsp3) is 0.211. The number of carbonyl (C=O) groups excluding carboxylic acids is 1. The van der Waals surface area contributed by atoms with Crippen molar-refractivity contribution in [1.82, 2.24) is 0 Å². The molecule has 126 valence electrons. The summed E-state index contributed by atoms with van der Waals surface area (Å²) in [4.78, 5) is 12.2. The zero-order chi connectivity index (χ0) is 17.5. The van der Waals surface area contributed by atoms with E-state index in [1.54, 1.807) is 24.3 Å². The highest BCUT2D eigenvalue weighted by Crippen LogP contribution is 2.46. The molecule has 0 bridgehead atoms. The number of ether oxygens (including phenoxy) is 4. The molecular formula is C19H20O5. The van der Waals surface area contributed by atoms with Gasteiger partial charge in [-0.15, -0.1) is 0 Å². The largest absolute Gasteiger partial charge is 0.493 e. The van der Waals surface area contributed by atoms with E-state index < -0.39 is 0 Å². The highest BCUT2D eigenvalue weighted by atomic mass is 16.5. The number of hydrogen-bond acceptors (Lipinski definition) is 5. The summed E-state index contributed by atoms with van der Waals surface area (Å²) in [5, 5.41) is 0. The van der Waals surface area contributed by atoms with Crippen LogP contribution in [0.4, 0.5) is 0 Å². The van der Waals surface area contributed by atoms with Crippen molar-refractivity contribution in [3.8, 4) is 23.0 Å². The first-order chi connectivity index (χ1) is 11.7. The molecule has 0 unspecified atom stereocenters. The molecule has 0 fully saturated rings. The molecule has 0 saturated carbocycles. The molecule has 5 nitrogen and oxygen atoms in total. The van der Waals surface area contributed by atoms with Crippen LogP contribution in [0.15, 0.2) is 42.5 Å². The van der Waals surface area contributed by atoms with Crippen LogP contribution in [-0.2, 0) is 0 Å². The lowest BCUT2D eigenvalue weighted by Gasteiger charge is -2.17. The van der Waals surface area contributed by atoms with E-state index in [1.165, 1.54) is 34.5 Å². The van der Waals surface area contributed by atoms with Crippen molar-refractivity contribution in [3.63, 3.8) is 0 Å². The zero-order valence-corrected chi connectivity index (χ0v) is 14.2. The minimum Gasteiger partial charge on any atom is -0.493 e. The summed E-state index contributed by atoms with van der Waals surface area (Å²) < 4.78 is 21.5. The fourth-order valence-electron chi connectivity index (χ4n) is 2.35. The van der Waals surface area contributed by atoms with Gasteiger partial charge in [0.2, 0.25) is 11.5 Å². The van der Waals surface area contributed by atoms with Gasteiger partial charge in [0, 0.05) is 11.1 Å². The lowest BCUT2D eigenvalue weighted by molar-refractivity contribution is 0.104. The number of allylic oxidation sites excluding steroid dienone is 1. The third-order valence-electron chi connectivity index (χ3n) is 3.49. The average molecular weight is 328 g/mol. The average Bonchev–Trinajstić information content (AvgIpc) is 2.64. The Labute approximate surface area is 141 Å². The van der Waals surface area contributed by atoms with Gasteiger partial charge in [0.05, 0.1) is 28.4 Å². The maximum atomic E-state index is 12.2. The highest BCUT2D eigenvalue weighted by molar-refractivity contribution is 6.07. The number of ketones is 1. The smallest absolute Gasteiger partial charge is 0.207 e. The summed E-state index contributed by atoms with van der Waals surface area (Å²) in [6, 6.07) is 10.8. The normalized spacial score (nSPS) is 10.5. The molecule has 24 heavy (non-hydrogen) atoms. The van der Waals surface area contributed by atoms with Gasteiger partial charge in [-0.3, -0.25) is 4.79 Å². The van der Waals surface area contributed by atoms with Crippen molar-refractivity contribution in [3.05, 3.63) is 53.6 Å². The monoisotopic (exact) mass is 328 g/mol. The molecule has 0 amide bonds. The van der Waals surface area contributed by atoms with Crippen molar-refractivity contribution in [2.24, 2.45) is 0 Å². The Bertz CT molecular complexity index is 735. The zero-order valence-electron chi connectivity index (χ0n) is 14.2. The Morgan fingerprint density at radius 2 is 1.46 bits per heavy atom. The molecule has 0 spiro atoms. The van der Waals surface area contributed by atoms with E-state index in [9.17, 15) is 4.79 Å². The van der Waals surface area contributed by atoms with Gasteiger partial charge >= 0.3 is 0 Å². The second kappa shape index (κ2) is 8.06. The van der Waals surface area contributed by atoms with Crippen molar-refractivity contribution in [2.45, 2.75) is 0 Å². The lowest BCUT2D eigenvalue weighted by Crippen LogP contribution is -2.00. The van der Waals surface area contributed by atoms with Crippen LogP contribution in [0, 0.1) is 0 Å². The van der Waals surface area contributed by atoms with E-state index in [1.807, 2.05) is 18.2 Å². The molecule has 2 aromatic carbocycles. The van der Waals surface area contributed by atoms with Crippen LogP contribution in [0.3, 0.4) is 0 Å². The maximum absolute atomic E-state index is 12.2. The summed E-state index contributed by atoms with van der Waals surface area (Å²) in [6.45, 7) is 0. The van der Waals surface area contributed by atoms with E-state index in [4.69, 9.17) is 18.9 Å². The maximum Gasteiger partial charge on any atom is 0.207 e. The number of rotatable bonds is 7. The molecule has 2 aromatic rings. The Morgan fingerprint density at radius 1 is 0.833 bits per heavy atom. The van der Waals surface area contributed by atoms with Gasteiger partial charge < -0.3 is 18.9 Å². The quantitative estimate of drug-likeness (QED) is 0.574. The topological polar surface area (TPSA) is 54.0 Å². The van der Waals surface area contributed by atoms with E-state index in [0.717, 1.165) is 0 Å². The number of hydrogen-bond donors (Lipinski definition) is 0. The number of methoxy groups -OCH3 is 4. The molecule has 0 aliphatic carbocycles. The van der Waals surface area contributed by atoms with Gasteiger partial charge in [0.15, 0.2) is 17.3 Å². The van der Waals surface area contributed by atoms with Crippen molar-refractivity contribution in [2.75, 3.05) is 28.4 Å². The number of carbonyl (C=O) groups is 1. The molecule has 0 aliphatic heterocycles. The SMILES string of the molecule is COc1cc(/C=C/C(=O)c2ccccc2)c(OC)c(OC)c1OC. The standard InChI is InChI=1S/C19H20O5/c1-21-16-12-14(17(22-2)19(24-4)18(16)23-3)10-11-15(20)13-8-6-5-7-9-13/h5-12H,1-4H3/b11-10+. The predicted molar refractivity (Wildman–Crippen MR) is 92.5 cm³/mol. The van der Waals surface area contributed by atoms with Crippen molar-refractivity contribution < 1.29 is 23.7 Å². The Morgan fingerprint density at radius 3 is 2.00 bits per heavy atom. The first-order valence-corrected chi connectivity index (χ1v) is 7.30. The summed E-state index contributed by atoms with van der Waals surface area (Å²) in [7, 11) is 6.10. The van der Waals surface area contributed by atoms with Crippen LogP contribution in [0.5, 0.6) is 23.0 Å². The molecule has 5 heteroatoms. The van der Waals surface area contributed by atoms with Crippen LogP contribution in [0.2, 0.25) is 0 Å². The van der Waals surface area contributed by atoms with Gasteiger partial charge in [0.25, 0.3) is 0 Å². The minimum atomic E-state index is -0.105. The molecule has 0 heterocycles. The Balaban J connectivity index is 2.46. The number of benzene rings is 2. The molecular weight excluding hydrogens is 308 g/mol. The van der Waals surface area contributed by atoms with Gasteiger partial charge in [-0.25, -0.2) is 0 Å². The summed E-state index contributed by atoms with van der Waals surface area (Å²) in [5.74, 6) is 1.69. The predicted octanol–water partition coefficient (Wildman–Crippen LogP) is 3.62. The summed E-state index contributed by atoms with van der Waals surface area (Å²) >= 11 is 0. The first kappa shape index (κ1) is 17.4. The Kier molecular flexibility index (Phi) is 5.84. The van der Waals surface area contributed by atoms with Crippen LogP contribution >= 0.6 is 0 Å². The first-order valence-electron chi connectivity index (χ1n) is 7.30. The second-order valence-corrected chi connectivity index (χ2v) is 4.83. The molecule has 2 rings (SSSR count). The van der Waals surface area contributed by atoms with Gasteiger partial charge in [0.1, 0.15) is 0 Å². The third kappa shape index (κ3) is 3.51. The van der Waals surface area contributed by atoms with E-state index >= 15 is 0 Å². The second-order valence-electron chi connectivity index (χ2n) is 4.83. The van der Waals surface area contributed by atoms with Crippen LogP contribution in [0.1, 0.15) is 15.9 Å². The molecule has 0 radical (unpaired) electrons. The van der Waals surface area contributed by atoms with Gasteiger partial charge in [-0.1, -0.05) is 30.3 Å². The molecule has 0 aliphatic rings. The van der Waals surface area contributed by atoms with Crippen LogP contribution < -0.4 is 18.9 Å². The van der Waals surface area contributed by atoms with E-state index in [0.29, 0.717) is 34.1 Å². The highest BCUT2D eigenvalue weighted by Gasteiger charge is 2.20. The van der Waals surface area contributed by atoms with Crippen LogP contribution in [0.25, 0.3) is 6.08 Å². The van der Waals surface area contributed by atoms with Gasteiger partial charge in [-0.2, -0.15) is 0 Å². The van der Waals surface area contributed by atoms with Crippen LogP contribution in [-0.4, -0.2) is 34.2 Å². The van der Waals surface area contributed by atoms with Gasteiger partial charge in [-0.05, 0) is 18.2 Å².